The summed E-state index contributed by atoms with van der Waals surface area (Å²) in [6.45, 7) is -0.496. The van der Waals surface area contributed by atoms with Crippen LogP contribution < -0.4 is 14.5 Å². The van der Waals surface area contributed by atoms with Crippen molar-refractivity contribution in [3.8, 4) is 5.75 Å². The first-order valence-electron chi connectivity index (χ1n) is 9.19. The molecule has 3 aromatic carbocycles. The van der Waals surface area contributed by atoms with E-state index in [1.165, 1.54) is 49.7 Å². The molecule has 0 unspecified atom stereocenters. The van der Waals surface area contributed by atoms with Crippen LogP contribution in [0, 0.1) is 5.82 Å². The number of methoxy groups -OCH3 is 1. The van der Waals surface area contributed by atoms with Crippen molar-refractivity contribution in [2.75, 3.05) is 18.0 Å². The molecule has 7 nitrogen and oxygen atoms in total. The number of hydrogen-bond acceptors (Lipinski definition) is 5. The Morgan fingerprint density at radius 3 is 2.29 bits per heavy atom. The molecular formula is C22H20FN3O4S. The van der Waals surface area contributed by atoms with Gasteiger partial charge in [0.15, 0.2) is 0 Å². The molecule has 1 amide bonds. The predicted molar refractivity (Wildman–Crippen MR) is 116 cm³/mol. The topological polar surface area (TPSA) is 88.1 Å². The van der Waals surface area contributed by atoms with Gasteiger partial charge in [0, 0.05) is 0 Å². The molecule has 0 bridgehead atoms. The van der Waals surface area contributed by atoms with Gasteiger partial charge < -0.3 is 4.74 Å². The number of ether oxygens (including phenoxy) is 1. The fourth-order valence-electron chi connectivity index (χ4n) is 2.68. The maximum atomic E-state index is 13.2. The summed E-state index contributed by atoms with van der Waals surface area (Å²) in [6.07, 6.45) is 1.33. The van der Waals surface area contributed by atoms with E-state index in [0.29, 0.717) is 17.0 Å². The van der Waals surface area contributed by atoms with E-state index in [-0.39, 0.29) is 10.7 Å². The van der Waals surface area contributed by atoms with Crippen LogP contribution in [0.15, 0.2) is 88.9 Å². The van der Waals surface area contributed by atoms with E-state index in [1.54, 1.807) is 42.5 Å². The molecule has 9 heteroatoms. The average Bonchev–Trinajstić information content (AvgIpc) is 2.79. The minimum absolute atomic E-state index is 0.0495. The summed E-state index contributed by atoms with van der Waals surface area (Å²) in [7, 11) is -2.51. The van der Waals surface area contributed by atoms with Crippen molar-refractivity contribution in [1.82, 2.24) is 5.43 Å². The number of benzene rings is 3. The largest absolute Gasteiger partial charge is 0.497 e. The van der Waals surface area contributed by atoms with Crippen LogP contribution in [-0.4, -0.2) is 34.2 Å². The van der Waals surface area contributed by atoms with E-state index < -0.39 is 22.5 Å². The number of rotatable bonds is 8. The first-order chi connectivity index (χ1) is 14.9. The third-order valence-corrected chi connectivity index (χ3v) is 6.04. The van der Waals surface area contributed by atoms with E-state index in [2.05, 4.69) is 10.5 Å². The lowest BCUT2D eigenvalue weighted by Gasteiger charge is -2.23. The number of sulfonamides is 1. The van der Waals surface area contributed by atoms with E-state index in [1.807, 2.05) is 0 Å². The van der Waals surface area contributed by atoms with Crippen LogP contribution in [0.2, 0.25) is 0 Å². The Balaban J connectivity index is 1.82. The molecule has 0 aromatic heterocycles. The molecule has 3 aromatic rings. The molecule has 0 aliphatic rings. The number of halogens is 1. The van der Waals surface area contributed by atoms with Crippen molar-refractivity contribution in [1.29, 1.82) is 0 Å². The normalized spacial score (nSPS) is 11.3. The molecule has 0 aliphatic heterocycles. The van der Waals surface area contributed by atoms with Gasteiger partial charge in [0.25, 0.3) is 15.9 Å². The number of nitrogens with one attached hydrogen (secondary N) is 1. The van der Waals surface area contributed by atoms with E-state index in [4.69, 9.17) is 4.74 Å². The second-order valence-corrected chi connectivity index (χ2v) is 8.23. The van der Waals surface area contributed by atoms with Gasteiger partial charge in [0.1, 0.15) is 18.1 Å². The zero-order valence-corrected chi connectivity index (χ0v) is 17.4. The highest BCUT2D eigenvalue weighted by atomic mass is 32.2. The van der Waals surface area contributed by atoms with Gasteiger partial charge in [-0.1, -0.05) is 30.3 Å². The molecule has 0 aliphatic carbocycles. The summed E-state index contributed by atoms with van der Waals surface area (Å²) in [5.74, 6) is -0.481. The zero-order valence-electron chi connectivity index (χ0n) is 16.6. The van der Waals surface area contributed by atoms with E-state index in [0.717, 1.165) is 4.31 Å². The highest BCUT2D eigenvalue weighted by Crippen LogP contribution is 2.25. The van der Waals surface area contributed by atoms with Gasteiger partial charge in [-0.2, -0.15) is 5.10 Å². The second-order valence-electron chi connectivity index (χ2n) is 6.37. The highest BCUT2D eigenvalue weighted by molar-refractivity contribution is 7.92. The van der Waals surface area contributed by atoms with Gasteiger partial charge in [-0.3, -0.25) is 9.10 Å². The molecule has 0 saturated carbocycles. The Morgan fingerprint density at radius 1 is 1.03 bits per heavy atom. The Bertz CT molecular complexity index is 1150. The number of amides is 1. The second kappa shape index (κ2) is 9.86. The summed E-state index contributed by atoms with van der Waals surface area (Å²) < 4.78 is 45.4. The van der Waals surface area contributed by atoms with Gasteiger partial charge in [-0.15, -0.1) is 0 Å². The number of hydrogen-bond donors (Lipinski definition) is 1. The van der Waals surface area contributed by atoms with Crippen LogP contribution in [0.5, 0.6) is 5.75 Å². The molecule has 0 saturated heterocycles. The highest BCUT2D eigenvalue weighted by Gasteiger charge is 2.27. The maximum Gasteiger partial charge on any atom is 0.264 e. The summed E-state index contributed by atoms with van der Waals surface area (Å²) in [6, 6.07) is 19.6. The van der Waals surface area contributed by atoms with E-state index in [9.17, 15) is 17.6 Å². The molecule has 31 heavy (non-hydrogen) atoms. The average molecular weight is 441 g/mol. The molecule has 0 fully saturated rings. The van der Waals surface area contributed by atoms with Crippen LogP contribution in [0.1, 0.15) is 5.56 Å². The first-order valence-corrected chi connectivity index (χ1v) is 10.6. The lowest BCUT2D eigenvalue weighted by atomic mass is 10.2. The Labute approximate surface area is 179 Å². The fraction of sp³-hybridized carbons (Fsp3) is 0.0909. The lowest BCUT2D eigenvalue weighted by molar-refractivity contribution is -0.119. The standard InChI is InChI=1S/C22H20FN3O4S/c1-30-20-13-11-19(12-14-20)26(31(28,29)21-5-3-2-4-6-21)16-22(27)25-24-15-17-7-9-18(23)10-8-17/h2-15H,16H2,1H3,(H,25,27)/b24-15-. The quantitative estimate of drug-likeness (QED) is 0.430. The summed E-state index contributed by atoms with van der Waals surface area (Å²) in [5.41, 5.74) is 3.17. The minimum Gasteiger partial charge on any atom is -0.497 e. The van der Waals surface area contributed by atoms with Gasteiger partial charge in [-0.25, -0.2) is 18.2 Å². The van der Waals surface area contributed by atoms with Crippen molar-refractivity contribution in [3.63, 3.8) is 0 Å². The number of carbonyl (C=O) groups excluding carboxylic acids is 1. The van der Waals surface area contributed by atoms with Crippen LogP contribution in [0.3, 0.4) is 0 Å². The van der Waals surface area contributed by atoms with Crippen molar-refractivity contribution in [2.24, 2.45) is 5.10 Å². The van der Waals surface area contributed by atoms with Crippen LogP contribution >= 0.6 is 0 Å². The first kappa shape index (κ1) is 22.0. The minimum atomic E-state index is -4.01. The molecule has 0 heterocycles. The van der Waals surface area contributed by atoms with Crippen LogP contribution in [0.4, 0.5) is 10.1 Å². The molecular weight excluding hydrogens is 421 g/mol. The third-order valence-electron chi connectivity index (χ3n) is 4.25. The predicted octanol–water partition coefficient (Wildman–Crippen LogP) is 3.18. The van der Waals surface area contributed by atoms with E-state index >= 15 is 0 Å². The van der Waals surface area contributed by atoms with Crippen LogP contribution in [-0.2, 0) is 14.8 Å². The molecule has 0 atom stereocenters. The number of anilines is 1. The monoisotopic (exact) mass is 441 g/mol. The van der Waals surface area contributed by atoms with Crippen LogP contribution in [0.25, 0.3) is 0 Å². The molecule has 0 spiro atoms. The molecule has 0 radical (unpaired) electrons. The molecule has 3 rings (SSSR count). The van der Waals surface area contributed by atoms with Gasteiger partial charge in [0.2, 0.25) is 0 Å². The summed E-state index contributed by atoms with van der Waals surface area (Å²) >= 11 is 0. The Kier molecular flexibility index (Phi) is 6.99. The Morgan fingerprint density at radius 2 is 1.68 bits per heavy atom. The van der Waals surface area contributed by atoms with Crippen molar-refractivity contribution >= 4 is 27.8 Å². The lowest BCUT2D eigenvalue weighted by Crippen LogP contribution is -2.39. The fourth-order valence-corrected chi connectivity index (χ4v) is 4.12. The van der Waals surface area contributed by atoms with Gasteiger partial charge in [0.05, 0.1) is 23.9 Å². The molecule has 160 valence electrons. The van der Waals surface area contributed by atoms with Crippen molar-refractivity contribution < 1.29 is 22.3 Å². The zero-order chi connectivity index (χ0) is 22.3. The SMILES string of the molecule is COc1ccc(N(CC(=O)N/N=C\c2ccc(F)cc2)S(=O)(=O)c2ccccc2)cc1. The summed E-state index contributed by atoms with van der Waals surface area (Å²) in [5, 5.41) is 3.81. The van der Waals surface area contributed by atoms with Crippen molar-refractivity contribution in [2.45, 2.75) is 4.90 Å². The summed E-state index contributed by atoms with van der Waals surface area (Å²) in [4.78, 5) is 12.5. The number of nitrogens with zero attached hydrogens (tertiary/aromatic N) is 2. The number of carbonyl (C=O) groups is 1. The smallest absolute Gasteiger partial charge is 0.264 e. The number of hydrazone groups is 1. The third kappa shape index (κ3) is 5.67. The van der Waals surface area contributed by atoms with Crippen molar-refractivity contribution in [3.05, 3.63) is 90.2 Å². The van der Waals surface area contributed by atoms with Gasteiger partial charge in [-0.05, 0) is 54.1 Å². The molecule has 1 N–H and O–H groups in total. The van der Waals surface area contributed by atoms with Gasteiger partial charge >= 0.3 is 0 Å². The maximum absolute atomic E-state index is 13.2. The Hall–Kier alpha value is -3.72.